The highest BCUT2D eigenvalue weighted by Crippen LogP contribution is 2.51. The molecule has 3 rings (SSSR count). The fraction of sp³-hybridized carbons (Fsp3) is 0.250. The number of halogens is 1. The molecule has 2 N–H and O–H groups in total. The Balaban J connectivity index is 1.74. The van der Waals surface area contributed by atoms with Crippen molar-refractivity contribution in [3.8, 4) is 0 Å². The molecule has 0 aromatic heterocycles. The first-order valence-corrected chi connectivity index (χ1v) is 6.26. The lowest BCUT2D eigenvalue weighted by Crippen LogP contribution is -2.27. The van der Waals surface area contributed by atoms with Crippen LogP contribution in [-0.2, 0) is 6.42 Å². The van der Waals surface area contributed by atoms with Crippen molar-refractivity contribution in [3.05, 3.63) is 71.5 Å². The fourth-order valence-corrected chi connectivity index (χ4v) is 2.64. The zero-order valence-electron chi connectivity index (χ0n) is 10.1. The smallest absolute Gasteiger partial charge is 0.123 e. The second kappa shape index (κ2) is 4.21. The molecular weight excluding hydrogens is 225 g/mol. The Hall–Kier alpha value is -1.67. The number of nitrogens with two attached hydrogens (primary N) is 1. The lowest BCUT2D eigenvalue weighted by molar-refractivity contribution is 0.623. The van der Waals surface area contributed by atoms with Crippen LogP contribution in [-0.4, -0.2) is 5.54 Å². The van der Waals surface area contributed by atoms with Gasteiger partial charge in [-0.15, -0.1) is 0 Å². The van der Waals surface area contributed by atoms with Gasteiger partial charge in [-0.3, -0.25) is 0 Å². The second-order valence-corrected chi connectivity index (χ2v) is 5.20. The third-order valence-electron chi connectivity index (χ3n) is 3.77. The van der Waals surface area contributed by atoms with Crippen LogP contribution in [0.15, 0.2) is 54.6 Å². The maximum Gasteiger partial charge on any atom is 0.123 e. The third kappa shape index (κ3) is 2.16. The van der Waals surface area contributed by atoms with E-state index >= 15 is 0 Å². The summed E-state index contributed by atoms with van der Waals surface area (Å²) in [5.41, 5.74) is 8.66. The van der Waals surface area contributed by atoms with Gasteiger partial charge in [0, 0.05) is 11.5 Å². The molecule has 0 heterocycles. The molecule has 92 valence electrons. The van der Waals surface area contributed by atoms with Gasteiger partial charge in [0.25, 0.3) is 0 Å². The van der Waals surface area contributed by atoms with Crippen LogP contribution in [0, 0.1) is 5.82 Å². The van der Waals surface area contributed by atoms with Gasteiger partial charge >= 0.3 is 0 Å². The summed E-state index contributed by atoms with van der Waals surface area (Å²) >= 11 is 0. The molecule has 1 fully saturated rings. The van der Waals surface area contributed by atoms with E-state index in [0.717, 1.165) is 18.4 Å². The van der Waals surface area contributed by atoms with Crippen molar-refractivity contribution in [2.24, 2.45) is 5.73 Å². The van der Waals surface area contributed by atoms with Crippen LogP contribution in [0.3, 0.4) is 0 Å². The Morgan fingerprint density at radius 3 is 2.39 bits per heavy atom. The number of benzene rings is 2. The highest BCUT2D eigenvalue weighted by molar-refractivity contribution is 5.35. The summed E-state index contributed by atoms with van der Waals surface area (Å²) in [6.45, 7) is 0. The molecule has 1 aliphatic rings. The minimum absolute atomic E-state index is 0.154. The molecule has 0 radical (unpaired) electrons. The molecule has 0 aliphatic heterocycles. The molecule has 2 aromatic rings. The van der Waals surface area contributed by atoms with E-state index in [0.29, 0.717) is 5.92 Å². The van der Waals surface area contributed by atoms with Crippen molar-refractivity contribution < 1.29 is 4.39 Å². The third-order valence-corrected chi connectivity index (χ3v) is 3.77. The zero-order chi connectivity index (χ0) is 12.6. The Bertz CT molecular complexity index is 535. The molecule has 1 saturated carbocycles. The van der Waals surface area contributed by atoms with Gasteiger partial charge in [0.1, 0.15) is 5.82 Å². The van der Waals surface area contributed by atoms with Crippen LogP contribution in [0.4, 0.5) is 4.39 Å². The summed E-state index contributed by atoms with van der Waals surface area (Å²) in [7, 11) is 0. The molecule has 0 amide bonds. The van der Waals surface area contributed by atoms with Crippen molar-refractivity contribution in [1.29, 1.82) is 0 Å². The van der Waals surface area contributed by atoms with Gasteiger partial charge in [0.15, 0.2) is 0 Å². The van der Waals surface area contributed by atoms with Crippen molar-refractivity contribution >= 4 is 0 Å². The van der Waals surface area contributed by atoms with E-state index in [1.807, 2.05) is 30.3 Å². The first-order valence-electron chi connectivity index (χ1n) is 6.26. The molecule has 0 saturated heterocycles. The number of rotatable bonds is 3. The first-order chi connectivity index (χ1) is 8.67. The van der Waals surface area contributed by atoms with Crippen molar-refractivity contribution in [2.75, 3.05) is 0 Å². The Kier molecular flexibility index (Phi) is 2.67. The van der Waals surface area contributed by atoms with E-state index < -0.39 is 0 Å². The molecule has 2 heteroatoms. The standard InChI is InChI=1S/C16H16FN/c17-14-8-6-13(7-9-14)15-11-16(15,18)10-12-4-2-1-3-5-12/h1-9,15H,10-11,18H2/t15-,16+/m1/s1. The van der Waals surface area contributed by atoms with Gasteiger partial charge in [-0.05, 0) is 36.1 Å². The highest BCUT2D eigenvalue weighted by Gasteiger charge is 2.51. The molecule has 1 aliphatic carbocycles. The van der Waals surface area contributed by atoms with Crippen LogP contribution in [0.25, 0.3) is 0 Å². The second-order valence-electron chi connectivity index (χ2n) is 5.20. The van der Waals surface area contributed by atoms with Gasteiger partial charge in [-0.25, -0.2) is 4.39 Å². The van der Waals surface area contributed by atoms with E-state index in [4.69, 9.17) is 5.73 Å². The largest absolute Gasteiger partial charge is 0.324 e. The summed E-state index contributed by atoms with van der Waals surface area (Å²) in [4.78, 5) is 0. The minimum atomic E-state index is -0.190. The summed E-state index contributed by atoms with van der Waals surface area (Å²) in [6.07, 6.45) is 1.86. The topological polar surface area (TPSA) is 26.0 Å². The monoisotopic (exact) mass is 241 g/mol. The zero-order valence-corrected chi connectivity index (χ0v) is 10.1. The average Bonchev–Trinajstić information content (AvgIpc) is 3.03. The van der Waals surface area contributed by atoms with Crippen LogP contribution in [0.5, 0.6) is 0 Å². The van der Waals surface area contributed by atoms with Gasteiger partial charge < -0.3 is 5.73 Å². The van der Waals surface area contributed by atoms with Crippen molar-refractivity contribution in [2.45, 2.75) is 24.3 Å². The molecule has 18 heavy (non-hydrogen) atoms. The van der Waals surface area contributed by atoms with Gasteiger partial charge in [0.2, 0.25) is 0 Å². The van der Waals surface area contributed by atoms with Crippen LogP contribution in [0.2, 0.25) is 0 Å². The summed E-state index contributed by atoms with van der Waals surface area (Å²) < 4.78 is 12.9. The summed E-state index contributed by atoms with van der Waals surface area (Å²) in [6, 6.07) is 17.0. The lowest BCUT2D eigenvalue weighted by Gasteiger charge is -2.11. The average molecular weight is 241 g/mol. The predicted octanol–water partition coefficient (Wildman–Crippen LogP) is 3.25. The molecule has 2 atom stereocenters. The quantitative estimate of drug-likeness (QED) is 0.877. The van der Waals surface area contributed by atoms with Crippen LogP contribution < -0.4 is 5.73 Å². The normalized spacial score (nSPS) is 26.0. The maximum atomic E-state index is 12.9. The van der Waals surface area contributed by atoms with E-state index in [1.165, 1.54) is 17.7 Å². The lowest BCUT2D eigenvalue weighted by atomic mass is 10.00. The van der Waals surface area contributed by atoms with Crippen molar-refractivity contribution in [3.63, 3.8) is 0 Å². The molecule has 0 bridgehead atoms. The SMILES string of the molecule is N[C@@]1(Cc2ccccc2)C[C@@H]1c1ccc(F)cc1. The Labute approximate surface area is 106 Å². The van der Waals surface area contributed by atoms with E-state index in [2.05, 4.69) is 12.1 Å². The van der Waals surface area contributed by atoms with E-state index in [9.17, 15) is 4.39 Å². The predicted molar refractivity (Wildman–Crippen MR) is 70.8 cm³/mol. The van der Waals surface area contributed by atoms with Gasteiger partial charge in [-0.1, -0.05) is 42.5 Å². The Morgan fingerprint density at radius 2 is 1.72 bits per heavy atom. The Morgan fingerprint density at radius 1 is 1.06 bits per heavy atom. The van der Waals surface area contributed by atoms with Gasteiger partial charge in [-0.2, -0.15) is 0 Å². The van der Waals surface area contributed by atoms with Crippen LogP contribution in [0.1, 0.15) is 23.5 Å². The van der Waals surface area contributed by atoms with Gasteiger partial charge in [0.05, 0.1) is 0 Å². The maximum absolute atomic E-state index is 12.9. The van der Waals surface area contributed by atoms with Crippen LogP contribution >= 0.6 is 0 Å². The number of hydrogen-bond acceptors (Lipinski definition) is 1. The fourth-order valence-electron chi connectivity index (χ4n) is 2.64. The summed E-state index contributed by atoms with van der Waals surface area (Å²) in [5, 5.41) is 0. The number of hydrogen-bond donors (Lipinski definition) is 1. The molecule has 0 unspecified atom stereocenters. The van der Waals surface area contributed by atoms with Crippen molar-refractivity contribution in [1.82, 2.24) is 0 Å². The van der Waals surface area contributed by atoms with E-state index in [-0.39, 0.29) is 11.4 Å². The van der Waals surface area contributed by atoms with E-state index in [1.54, 1.807) is 0 Å². The molecule has 2 aromatic carbocycles. The highest BCUT2D eigenvalue weighted by atomic mass is 19.1. The molecular formula is C16H16FN. The first kappa shape index (κ1) is 11.4. The summed E-state index contributed by atoms with van der Waals surface area (Å²) in [5.74, 6) is 0.170. The molecule has 1 nitrogen and oxygen atoms in total. The minimum Gasteiger partial charge on any atom is -0.324 e. The molecule has 0 spiro atoms.